The molecule has 0 aliphatic heterocycles. The van der Waals surface area contributed by atoms with Gasteiger partial charge >= 0.3 is 12.3 Å². The van der Waals surface area contributed by atoms with Crippen LogP contribution in [0.4, 0.5) is 13.2 Å². The zero-order valence-corrected chi connectivity index (χ0v) is 16.3. The van der Waals surface area contributed by atoms with E-state index in [9.17, 15) is 22.8 Å². The number of rotatable bonds is 6. The molecule has 0 bridgehead atoms. The first-order valence-electron chi connectivity index (χ1n) is 9.53. The van der Waals surface area contributed by atoms with E-state index in [0.717, 1.165) is 6.07 Å². The molecular formula is C21H18F3N3O4. The van der Waals surface area contributed by atoms with E-state index in [4.69, 9.17) is 10.5 Å². The lowest BCUT2D eigenvalue weighted by Gasteiger charge is -2.12. The molecule has 4 rings (SSSR count). The fourth-order valence-corrected chi connectivity index (χ4v) is 3.61. The number of carbonyl (C=O) groups excluding carboxylic acids is 2. The van der Waals surface area contributed by atoms with Crippen LogP contribution >= 0.6 is 0 Å². The highest BCUT2D eigenvalue weighted by molar-refractivity contribution is 5.99. The van der Waals surface area contributed by atoms with Crippen molar-refractivity contribution in [3.63, 3.8) is 0 Å². The van der Waals surface area contributed by atoms with Crippen molar-refractivity contribution in [3.05, 3.63) is 53.9 Å². The van der Waals surface area contributed by atoms with Crippen molar-refractivity contribution in [3.8, 4) is 11.6 Å². The molecule has 0 spiro atoms. The number of primary amides is 1. The summed E-state index contributed by atoms with van der Waals surface area (Å²) in [5, 5.41) is 0.492. The molecule has 1 aliphatic rings. The van der Waals surface area contributed by atoms with E-state index in [1.165, 1.54) is 22.8 Å². The number of alkyl halides is 3. The summed E-state index contributed by atoms with van der Waals surface area (Å²) in [4.78, 5) is 28.5. The standard InChI is InChI=1S/C21H18F3N3O4/c1-2-30-20(29)14-10-13(14)15-4-3-5-18(26-15)27-16-9-12(31-21(22,23)24)7-6-11(16)8-17(27)19(25)28/h3-9,13-14H,2,10H2,1H3,(H2,25,28)/t13-,14-/m1/s1. The number of hydrogen-bond acceptors (Lipinski definition) is 5. The van der Waals surface area contributed by atoms with Crippen LogP contribution in [-0.2, 0) is 9.53 Å². The molecule has 31 heavy (non-hydrogen) atoms. The van der Waals surface area contributed by atoms with E-state index in [1.54, 1.807) is 25.1 Å². The van der Waals surface area contributed by atoms with Gasteiger partial charge in [0, 0.05) is 23.1 Å². The third kappa shape index (κ3) is 4.18. The molecule has 7 nitrogen and oxygen atoms in total. The molecule has 1 aromatic carbocycles. The third-order valence-electron chi connectivity index (χ3n) is 5.01. The molecule has 0 radical (unpaired) electrons. The summed E-state index contributed by atoms with van der Waals surface area (Å²) >= 11 is 0. The second-order valence-electron chi connectivity index (χ2n) is 7.12. The summed E-state index contributed by atoms with van der Waals surface area (Å²) in [6.07, 6.45) is -4.27. The Hall–Kier alpha value is -3.56. The van der Waals surface area contributed by atoms with Crippen molar-refractivity contribution in [2.45, 2.75) is 25.6 Å². The SMILES string of the molecule is CCOC(=O)[C@@H]1C[C@H]1c1cccc(-n2c(C(N)=O)cc3ccc(OC(F)(F)F)cc32)n1. The number of amides is 1. The van der Waals surface area contributed by atoms with Crippen LogP contribution in [0.15, 0.2) is 42.5 Å². The molecule has 10 heteroatoms. The first-order valence-corrected chi connectivity index (χ1v) is 9.53. The van der Waals surface area contributed by atoms with E-state index >= 15 is 0 Å². The second kappa shape index (κ2) is 7.60. The molecule has 1 fully saturated rings. The predicted molar refractivity (Wildman–Crippen MR) is 104 cm³/mol. The Morgan fingerprint density at radius 3 is 2.68 bits per heavy atom. The maximum absolute atomic E-state index is 12.7. The average Bonchev–Trinajstić information content (AvgIpc) is 3.41. The van der Waals surface area contributed by atoms with Gasteiger partial charge in [0.25, 0.3) is 5.91 Å². The number of hydrogen-bond donors (Lipinski definition) is 1. The summed E-state index contributed by atoms with van der Waals surface area (Å²) in [6, 6.07) is 10.3. The molecule has 0 saturated heterocycles. The molecule has 1 aliphatic carbocycles. The van der Waals surface area contributed by atoms with Crippen LogP contribution in [0.3, 0.4) is 0 Å². The first kappa shape index (κ1) is 20.7. The number of benzene rings is 1. The summed E-state index contributed by atoms with van der Waals surface area (Å²) < 4.78 is 48.4. The van der Waals surface area contributed by atoms with Gasteiger partial charge in [-0.25, -0.2) is 4.98 Å². The normalized spacial score (nSPS) is 18.1. The van der Waals surface area contributed by atoms with Gasteiger partial charge in [0.1, 0.15) is 17.3 Å². The Balaban J connectivity index is 1.76. The van der Waals surface area contributed by atoms with E-state index in [1.807, 2.05) is 0 Å². The lowest BCUT2D eigenvalue weighted by molar-refractivity contribution is -0.274. The number of aromatic nitrogens is 2. The number of nitrogens with zero attached hydrogens (tertiary/aromatic N) is 2. The smallest absolute Gasteiger partial charge is 0.466 e. The Kier molecular flexibility index (Phi) is 5.08. The Bertz CT molecular complexity index is 1170. The topological polar surface area (TPSA) is 96.4 Å². The lowest BCUT2D eigenvalue weighted by atomic mass is 10.2. The Morgan fingerprint density at radius 1 is 1.23 bits per heavy atom. The van der Waals surface area contributed by atoms with Gasteiger partial charge in [-0.1, -0.05) is 6.07 Å². The van der Waals surface area contributed by atoms with Crippen LogP contribution in [-0.4, -0.2) is 34.4 Å². The minimum Gasteiger partial charge on any atom is -0.466 e. The summed E-state index contributed by atoms with van der Waals surface area (Å²) in [5.41, 5.74) is 6.45. The van der Waals surface area contributed by atoms with Gasteiger partial charge < -0.3 is 15.2 Å². The van der Waals surface area contributed by atoms with E-state index in [-0.39, 0.29) is 35.6 Å². The number of ether oxygens (including phenoxy) is 2. The highest BCUT2D eigenvalue weighted by Gasteiger charge is 2.46. The summed E-state index contributed by atoms with van der Waals surface area (Å²) in [7, 11) is 0. The van der Waals surface area contributed by atoms with Crippen LogP contribution in [0.1, 0.15) is 35.4 Å². The third-order valence-corrected chi connectivity index (χ3v) is 5.01. The fourth-order valence-electron chi connectivity index (χ4n) is 3.61. The highest BCUT2D eigenvalue weighted by Crippen LogP contribution is 2.47. The van der Waals surface area contributed by atoms with Crippen molar-refractivity contribution < 1.29 is 32.2 Å². The lowest BCUT2D eigenvalue weighted by Crippen LogP contribution is -2.17. The van der Waals surface area contributed by atoms with Gasteiger partial charge in [0.05, 0.1) is 18.0 Å². The van der Waals surface area contributed by atoms with Crippen LogP contribution < -0.4 is 10.5 Å². The zero-order chi connectivity index (χ0) is 22.3. The van der Waals surface area contributed by atoms with E-state index in [2.05, 4.69) is 9.72 Å². The minimum atomic E-state index is -4.86. The van der Waals surface area contributed by atoms with Crippen molar-refractivity contribution in [1.82, 2.24) is 9.55 Å². The quantitative estimate of drug-likeness (QED) is 0.598. The second-order valence-corrected chi connectivity index (χ2v) is 7.12. The Labute approximate surface area is 174 Å². The van der Waals surface area contributed by atoms with Gasteiger partial charge in [0.15, 0.2) is 0 Å². The first-order chi connectivity index (χ1) is 14.7. The molecule has 1 amide bonds. The molecule has 2 aromatic heterocycles. The van der Waals surface area contributed by atoms with Gasteiger partial charge in [0.2, 0.25) is 0 Å². The molecule has 0 unspecified atom stereocenters. The number of halogens is 3. The maximum atomic E-state index is 12.7. The zero-order valence-electron chi connectivity index (χ0n) is 16.3. The van der Waals surface area contributed by atoms with Crippen molar-refractivity contribution in [1.29, 1.82) is 0 Å². The number of carbonyl (C=O) groups is 2. The number of fused-ring (bicyclic) bond motifs is 1. The molecule has 2 atom stereocenters. The Morgan fingerprint density at radius 2 is 2.00 bits per heavy atom. The van der Waals surface area contributed by atoms with Crippen LogP contribution in [0.25, 0.3) is 16.7 Å². The molecule has 162 valence electrons. The minimum absolute atomic E-state index is 0.0570. The van der Waals surface area contributed by atoms with Crippen LogP contribution in [0, 0.1) is 5.92 Å². The van der Waals surface area contributed by atoms with Gasteiger partial charge in [-0.3, -0.25) is 14.2 Å². The largest absolute Gasteiger partial charge is 0.573 e. The van der Waals surface area contributed by atoms with Crippen molar-refractivity contribution in [2.75, 3.05) is 6.61 Å². The maximum Gasteiger partial charge on any atom is 0.573 e. The fraction of sp³-hybridized carbons (Fsp3) is 0.286. The number of pyridine rings is 1. The van der Waals surface area contributed by atoms with E-state index in [0.29, 0.717) is 23.3 Å². The number of esters is 1. The molecule has 2 heterocycles. The van der Waals surface area contributed by atoms with Gasteiger partial charge in [-0.05, 0) is 43.7 Å². The van der Waals surface area contributed by atoms with Crippen LogP contribution in [0.2, 0.25) is 0 Å². The molecule has 1 saturated carbocycles. The van der Waals surface area contributed by atoms with Crippen molar-refractivity contribution >= 4 is 22.8 Å². The highest BCUT2D eigenvalue weighted by atomic mass is 19.4. The number of nitrogens with two attached hydrogens (primary N) is 1. The molecular weight excluding hydrogens is 415 g/mol. The molecule has 3 aromatic rings. The van der Waals surface area contributed by atoms with Crippen molar-refractivity contribution in [2.24, 2.45) is 11.7 Å². The predicted octanol–water partition coefficient (Wildman–Crippen LogP) is 3.69. The molecule has 2 N–H and O–H groups in total. The van der Waals surface area contributed by atoms with E-state index < -0.39 is 18.0 Å². The average molecular weight is 433 g/mol. The van der Waals surface area contributed by atoms with Gasteiger partial charge in [-0.15, -0.1) is 13.2 Å². The van der Waals surface area contributed by atoms with Crippen LogP contribution in [0.5, 0.6) is 5.75 Å². The summed E-state index contributed by atoms with van der Waals surface area (Å²) in [5.74, 6) is -1.61. The summed E-state index contributed by atoms with van der Waals surface area (Å²) in [6.45, 7) is 2.02. The van der Waals surface area contributed by atoms with Gasteiger partial charge in [-0.2, -0.15) is 0 Å². The monoisotopic (exact) mass is 433 g/mol.